The molecule has 1 saturated carbocycles. The predicted octanol–water partition coefficient (Wildman–Crippen LogP) is 3.87. The highest BCUT2D eigenvalue weighted by atomic mass is 31.2. The highest BCUT2D eigenvalue weighted by molar-refractivity contribution is 7.71. The fourth-order valence-electron chi connectivity index (χ4n) is 4.58. The molecule has 1 aliphatic carbocycles. The molecule has 1 aliphatic heterocycles. The Hall–Kier alpha value is -3.08. The Morgan fingerprint density at radius 3 is 2.68 bits per heavy atom. The van der Waals surface area contributed by atoms with Crippen LogP contribution in [0, 0.1) is 11.3 Å². The first-order valence-corrected chi connectivity index (χ1v) is 13.8. The van der Waals surface area contributed by atoms with Gasteiger partial charge in [0.15, 0.2) is 0 Å². The summed E-state index contributed by atoms with van der Waals surface area (Å²) in [6, 6.07) is 8.75. The third kappa shape index (κ3) is 4.36. The Kier molecular flexibility index (Phi) is 5.97. The van der Waals surface area contributed by atoms with E-state index in [1.165, 1.54) is 12.8 Å². The Morgan fingerprint density at radius 2 is 2.03 bits per heavy atom. The number of methoxy groups -OCH3 is 1. The Bertz CT molecular complexity index is 1300. The van der Waals surface area contributed by atoms with Crippen molar-refractivity contribution in [2.24, 2.45) is 0 Å². The molecule has 0 atom stereocenters. The Labute approximate surface area is 199 Å². The van der Waals surface area contributed by atoms with Crippen LogP contribution in [0.25, 0.3) is 11.0 Å². The van der Waals surface area contributed by atoms with Gasteiger partial charge in [-0.2, -0.15) is 15.2 Å². The first-order chi connectivity index (χ1) is 16.4. The molecule has 0 amide bonds. The number of anilines is 3. The summed E-state index contributed by atoms with van der Waals surface area (Å²) in [6.45, 7) is 5.84. The number of nitrogens with zero attached hydrogens (tertiary/aromatic N) is 4. The number of hydrogen-bond donors (Lipinski definition) is 3. The molecule has 0 spiro atoms. The lowest BCUT2D eigenvalue weighted by molar-refractivity contribution is 0.285. The lowest BCUT2D eigenvalue weighted by atomic mass is 10.2. The second-order valence-corrected chi connectivity index (χ2v) is 12.5. The molecule has 3 N–H and O–H groups in total. The molecule has 0 bridgehead atoms. The maximum atomic E-state index is 13.7. The number of hydrogen-bond acceptors (Lipinski definition) is 8. The molecular formula is C24H30N7O2P. The maximum Gasteiger partial charge on any atom is 0.231 e. The van der Waals surface area contributed by atoms with Crippen molar-refractivity contribution in [2.45, 2.75) is 38.8 Å². The molecule has 34 heavy (non-hydrogen) atoms. The van der Waals surface area contributed by atoms with Crippen molar-refractivity contribution >= 4 is 40.9 Å². The van der Waals surface area contributed by atoms with E-state index in [2.05, 4.69) is 36.6 Å². The first kappa shape index (κ1) is 22.7. The normalized spacial score (nSPS) is 18.1. The summed E-state index contributed by atoms with van der Waals surface area (Å²) >= 11 is 0. The molecule has 0 unspecified atom stereocenters. The van der Waals surface area contributed by atoms with E-state index in [1.807, 2.05) is 32.0 Å². The van der Waals surface area contributed by atoms with E-state index in [4.69, 9.17) is 4.74 Å². The molecule has 2 fully saturated rings. The van der Waals surface area contributed by atoms with Gasteiger partial charge in [0.1, 0.15) is 30.4 Å². The number of aromatic amines is 1. The quantitative estimate of drug-likeness (QED) is 0.437. The molecule has 2 aromatic heterocycles. The SMILES string of the molecule is COc1cc(P2(=O)CCN(C3CC3)CC2)ccc1Nc1nc(NC(C)C)c2c(C#N)c[nH]c2n1. The van der Waals surface area contributed by atoms with Crippen LogP contribution in [0.1, 0.15) is 32.3 Å². The van der Waals surface area contributed by atoms with E-state index in [0.717, 1.165) is 30.7 Å². The molecule has 0 radical (unpaired) electrons. The van der Waals surface area contributed by atoms with Crippen LogP contribution in [0.2, 0.25) is 0 Å². The van der Waals surface area contributed by atoms with Crippen LogP contribution < -0.4 is 20.7 Å². The van der Waals surface area contributed by atoms with Gasteiger partial charge >= 0.3 is 0 Å². The van der Waals surface area contributed by atoms with Crippen LogP contribution in [-0.2, 0) is 4.57 Å². The Balaban J connectivity index is 1.42. The van der Waals surface area contributed by atoms with Crippen LogP contribution in [0.15, 0.2) is 24.4 Å². The van der Waals surface area contributed by atoms with Gasteiger partial charge in [0.05, 0.1) is 23.7 Å². The van der Waals surface area contributed by atoms with Crippen molar-refractivity contribution < 1.29 is 9.30 Å². The highest BCUT2D eigenvalue weighted by Crippen LogP contribution is 2.49. The Morgan fingerprint density at radius 1 is 1.26 bits per heavy atom. The van der Waals surface area contributed by atoms with Gasteiger partial charge in [0.2, 0.25) is 5.95 Å². The number of benzene rings is 1. The van der Waals surface area contributed by atoms with Gasteiger partial charge in [-0.15, -0.1) is 0 Å². The lowest BCUT2D eigenvalue weighted by Gasteiger charge is -2.32. The number of aromatic nitrogens is 3. The van der Waals surface area contributed by atoms with E-state index in [0.29, 0.717) is 45.8 Å². The van der Waals surface area contributed by atoms with Crippen LogP contribution >= 0.6 is 7.14 Å². The van der Waals surface area contributed by atoms with E-state index in [9.17, 15) is 9.83 Å². The van der Waals surface area contributed by atoms with Gasteiger partial charge in [-0.1, -0.05) is 0 Å². The van der Waals surface area contributed by atoms with Crippen LogP contribution in [0.4, 0.5) is 17.5 Å². The van der Waals surface area contributed by atoms with E-state index in [-0.39, 0.29) is 6.04 Å². The summed E-state index contributed by atoms with van der Waals surface area (Å²) in [5.41, 5.74) is 1.75. The number of H-pyrrole nitrogens is 1. The monoisotopic (exact) mass is 479 g/mol. The summed E-state index contributed by atoms with van der Waals surface area (Å²) in [5, 5.41) is 17.5. The number of fused-ring (bicyclic) bond motifs is 1. The van der Waals surface area contributed by atoms with Gasteiger partial charge in [-0.05, 0) is 44.9 Å². The lowest BCUT2D eigenvalue weighted by Crippen LogP contribution is -2.38. The third-order valence-corrected chi connectivity index (χ3v) is 9.60. The fraction of sp³-hybridized carbons (Fsp3) is 0.458. The standard InChI is InChI=1S/C24H30N7O2P/c1-15(2)27-23-21-16(13-25)14-26-22(21)29-24(30-23)28-19-7-6-18(12-20(19)33-3)34(32)10-8-31(9-11-34)17-4-5-17/h6-7,12,14-15,17H,4-5,8-11H2,1-3H3,(H3,26,27,28,29,30). The minimum atomic E-state index is -2.44. The van der Waals surface area contributed by atoms with Crippen molar-refractivity contribution in [3.05, 3.63) is 30.0 Å². The number of ether oxygens (including phenoxy) is 1. The number of rotatable bonds is 7. The van der Waals surface area contributed by atoms with Crippen LogP contribution in [0.3, 0.4) is 0 Å². The van der Waals surface area contributed by atoms with Crippen LogP contribution in [0.5, 0.6) is 5.75 Å². The molecule has 9 nitrogen and oxygen atoms in total. The summed E-state index contributed by atoms with van der Waals surface area (Å²) in [4.78, 5) is 14.7. The van der Waals surface area contributed by atoms with E-state index >= 15 is 0 Å². The van der Waals surface area contributed by atoms with E-state index < -0.39 is 7.14 Å². The number of nitriles is 1. The summed E-state index contributed by atoms with van der Waals surface area (Å²) in [5.74, 6) is 1.56. The average molecular weight is 480 g/mol. The van der Waals surface area contributed by atoms with E-state index in [1.54, 1.807) is 13.3 Å². The summed E-state index contributed by atoms with van der Waals surface area (Å²) < 4.78 is 19.4. The molecule has 1 saturated heterocycles. The minimum absolute atomic E-state index is 0.129. The molecule has 1 aromatic carbocycles. The van der Waals surface area contributed by atoms with Crippen LogP contribution in [-0.4, -0.2) is 64.5 Å². The van der Waals surface area contributed by atoms with Gasteiger partial charge in [-0.3, -0.25) is 4.90 Å². The number of nitrogens with one attached hydrogen (secondary N) is 3. The fourth-order valence-corrected chi connectivity index (χ4v) is 7.18. The van der Waals surface area contributed by atoms with Gasteiger partial charge in [0, 0.05) is 49.0 Å². The van der Waals surface area contributed by atoms with Crippen molar-refractivity contribution in [2.75, 3.05) is 43.2 Å². The average Bonchev–Trinajstić information content (AvgIpc) is 3.58. The second-order valence-electron chi connectivity index (χ2n) is 9.35. The molecular weight excluding hydrogens is 449 g/mol. The molecule has 10 heteroatoms. The first-order valence-electron chi connectivity index (χ1n) is 11.7. The second kappa shape index (κ2) is 8.94. The van der Waals surface area contributed by atoms with Crippen molar-refractivity contribution in [3.8, 4) is 11.8 Å². The summed E-state index contributed by atoms with van der Waals surface area (Å²) in [6.07, 6.45) is 5.63. The van der Waals surface area contributed by atoms with Crippen molar-refractivity contribution in [1.29, 1.82) is 5.26 Å². The smallest absolute Gasteiger partial charge is 0.231 e. The molecule has 178 valence electrons. The van der Waals surface area contributed by atoms with Crippen molar-refractivity contribution in [1.82, 2.24) is 19.9 Å². The molecule has 2 aliphatic rings. The molecule has 5 rings (SSSR count). The maximum absolute atomic E-state index is 13.7. The van der Waals surface area contributed by atoms with Crippen molar-refractivity contribution in [3.63, 3.8) is 0 Å². The molecule has 3 aromatic rings. The minimum Gasteiger partial charge on any atom is -0.495 e. The predicted molar refractivity (Wildman–Crippen MR) is 135 cm³/mol. The zero-order valence-electron chi connectivity index (χ0n) is 19.8. The van der Waals surface area contributed by atoms with Gasteiger partial charge in [-0.25, -0.2) is 0 Å². The largest absolute Gasteiger partial charge is 0.495 e. The van der Waals surface area contributed by atoms with Gasteiger partial charge < -0.3 is 24.9 Å². The third-order valence-electron chi connectivity index (χ3n) is 6.54. The van der Waals surface area contributed by atoms with Gasteiger partial charge in [0.25, 0.3) is 0 Å². The zero-order chi connectivity index (χ0) is 23.9. The molecule has 3 heterocycles. The highest BCUT2D eigenvalue weighted by Gasteiger charge is 2.37. The summed E-state index contributed by atoms with van der Waals surface area (Å²) in [7, 11) is -0.834. The zero-order valence-corrected chi connectivity index (χ0v) is 20.7. The topological polar surface area (TPSA) is 119 Å².